The standard InChI is InChI=1S/C13H23NO2/c1-5-10(12(15)16-4)6-7-14-9-11-8-13(11,2)3/h6,11,14H,5,7-9H2,1-4H3. The molecule has 1 aliphatic rings. The Labute approximate surface area is 98.2 Å². The van der Waals surface area contributed by atoms with Crippen LogP contribution in [-0.4, -0.2) is 26.2 Å². The minimum absolute atomic E-state index is 0.212. The summed E-state index contributed by atoms with van der Waals surface area (Å²) in [4.78, 5) is 11.3. The minimum atomic E-state index is -0.212. The Hall–Kier alpha value is -0.830. The second-order valence-electron chi connectivity index (χ2n) is 5.12. The van der Waals surface area contributed by atoms with Crippen LogP contribution in [0.3, 0.4) is 0 Å². The zero-order valence-corrected chi connectivity index (χ0v) is 10.8. The highest BCUT2D eigenvalue weighted by Crippen LogP contribution is 2.50. The highest BCUT2D eigenvalue weighted by molar-refractivity contribution is 5.88. The van der Waals surface area contributed by atoms with E-state index in [-0.39, 0.29) is 5.97 Å². The summed E-state index contributed by atoms with van der Waals surface area (Å²) >= 11 is 0. The molecule has 0 saturated heterocycles. The number of hydrogen-bond acceptors (Lipinski definition) is 3. The van der Waals surface area contributed by atoms with E-state index in [1.165, 1.54) is 13.5 Å². The van der Waals surface area contributed by atoms with Crippen LogP contribution >= 0.6 is 0 Å². The minimum Gasteiger partial charge on any atom is -0.466 e. The van der Waals surface area contributed by atoms with Crippen molar-refractivity contribution in [2.24, 2.45) is 11.3 Å². The molecule has 0 radical (unpaired) electrons. The van der Waals surface area contributed by atoms with Crippen molar-refractivity contribution in [3.63, 3.8) is 0 Å². The quantitative estimate of drug-likeness (QED) is 0.427. The number of esters is 1. The molecule has 0 aromatic heterocycles. The number of carbonyl (C=O) groups excluding carboxylic acids is 1. The van der Waals surface area contributed by atoms with Gasteiger partial charge in [-0.2, -0.15) is 0 Å². The third-order valence-electron chi connectivity index (χ3n) is 3.43. The van der Waals surface area contributed by atoms with Gasteiger partial charge < -0.3 is 10.1 Å². The lowest BCUT2D eigenvalue weighted by molar-refractivity contribution is -0.136. The molecular weight excluding hydrogens is 202 g/mol. The van der Waals surface area contributed by atoms with Gasteiger partial charge in [0.1, 0.15) is 0 Å². The molecule has 1 aliphatic carbocycles. The number of methoxy groups -OCH3 is 1. The lowest BCUT2D eigenvalue weighted by Gasteiger charge is -2.05. The number of carbonyl (C=O) groups is 1. The highest BCUT2D eigenvalue weighted by Gasteiger charge is 2.44. The molecule has 1 saturated carbocycles. The first-order valence-electron chi connectivity index (χ1n) is 5.99. The summed E-state index contributed by atoms with van der Waals surface area (Å²) in [6.07, 6.45) is 3.96. The fraction of sp³-hybridized carbons (Fsp3) is 0.769. The molecular formula is C13H23NO2. The van der Waals surface area contributed by atoms with Gasteiger partial charge in [-0.1, -0.05) is 26.8 Å². The molecule has 1 fully saturated rings. The molecule has 0 heterocycles. The van der Waals surface area contributed by atoms with Crippen LogP contribution in [0.5, 0.6) is 0 Å². The Morgan fingerprint density at radius 3 is 2.62 bits per heavy atom. The topological polar surface area (TPSA) is 38.3 Å². The van der Waals surface area contributed by atoms with Crippen LogP contribution in [0.25, 0.3) is 0 Å². The Morgan fingerprint density at radius 1 is 1.56 bits per heavy atom. The van der Waals surface area contributed by atoms with Gasteiger partial charge in [-0.3, -0.25) is 0 Å². The van der Waals surface area contributed by atoms with E-state index >= 15 is 0 Å². The van der Waals surface area contributed by atoms with E-state index in [4.69, 9.17) is 4.74 Å². The average Bonchev–Trinajstić information content (AvgIpc) is 2.85. The smallest absolute Gasteiger partial charge is 0.333 e. The molecule has 0 aliphatic heterocycles. The van der Waals surface area contributed by atoms with E-state index in [0.29, 0.717) is 5.41 Å². The Bertz CT molecular complexity index is 282. The van der Waals surface area contributed by atoms with Crippen LogP contribution in [0.15, 0.2) is 11.6 Å². The van der Waals surface area contributed by atoms with E-state index in [1.807, 2.05) is 13.0 Å². The molecule has 3 nitrogen and oxygen atoms in total. The number of hydrogen-bond donors (Lipinski definition) is 1. The first-order valence-corrected chi connectivity index (χ1v) is 5.99. The van der Waals surface area contributed by atoms with E-state index in [1.54, 1.807) is 0 Å². The normalized spacial score (nSPS) is 23.0. The maximum Gasteiger partial charge on any atom is 0.333 e. The summed E-state index contributed by atoms with van der Waals surface area (Å²) in [7, 11) is 1.42. The van der Waals surface area contributed by atoms with Gasteiger partial charge in [0.05, 0.1) is 7.11 Å². The van der Waals surface area contributed by atoms with Gasteiger partial charge in [-0.15, -0.1) is 0 Å². The zero-order valence-electron chi connectivity index (χ0n) is 10.8. The Morgan fingerprint density at radius 2 is 2.19 bits per heavy atom. The summed E-state index contributed by atoms with van der Waals surface area (Å²) in [5.74, 6) is 0.583. The SMILES string of the molecule is CCC(=CCNCC1CC1(C)C)C(=O)OC. The monoisotopic (exact) mass is 225 g/mol. The molecule has 3 heteroatoms. The lowest BCUT2D eigenvalue weighted by atomic mass is 10.1. The van der Waals surface area contributed by atoms with Gasteiger partial charge in [0.15, 0.2) is 0 Å². The van der Waals surface area contributed by atoms with E-state index < -0.39 is 0 Å². The van der Waals surface area contributed by atoms with Crippen LogP contribution in [0.1, 0.15) is 33.6 Å². The predicted molar refractivity (Wildman–Crippen MR) is 65.1 cm³/mol. The molecule has 16 heavy (non-hydrogen) atoms. The fourth-order valence-electron chi connectivity index (χ4n) is 1.88. The van der Waals surface area contributed by atoms with Gasteiger partial charge in [0.25, 0.3) is 0 Å². The second-order valence-corrected chi connectivity index (χ2v) is 5.12. The van der Waals surface area contributed by atoms with Crippen molar-refractivity contribution in [2.45, 2.75) is 33.6 Å². The van der Waals surface area contributed by atoms with Crippen LogP contribution < -0.4 is 5.32 Å². The van der Waals surface area contributed by atoms with Gasteiger partial charge in [-0.25, -0.2) is 4.79 Å². The van der Waals surface area contributed by atoms with E-state index in [2.05, 4.69) is 19.2 Å². The van der Waals surface area contributed by atoms with E-state index in [9.17, 15) is 4.79 Å². The van der Waals surface area contributed by atoms with Gasteiger partial charge in [0, 0.05) is 12.1 Å². The van der Waals surface area contributed by atoms with Crippen molar-refractivity contribution in [3.05, 3.63) is 11.6 Å². The Balaban J connectivity index is 2.22. The van der Waals surface area contributed by atoms with Gasteiger partial charge in [-0.05, 0) is 30.7 Å². The molecule has 1 unspecified atom stereocenters. The highest BCUT2D eigenvalue weighted by atomic mass is 16.5. The van der Waals surface area contributed by atoms with Crippen molar-refractivity contribution in [3.8, 4) is 0 Å². The third-order valence-corrected chi connectivity index (χ3v) is 3.43. The van der Waals surface area contributed by atoms with E-state index in [0.717, 1.165) is 31.0 Å². The van der Waals surface area contributed by atoms with Crippen LogP contribution in [0, 0.1) is 11.3 Å². The molecule has 0 spiro atoms. The van der Waals surface area contributed by atoms with Gasteiger partial charge >= 0.3 is 5.97 Å². The first kappa shape index (κ1) is 13.2. The fourth-order valence-corrected chi connectivity index (χ4v) is 1.88. The molecule has 0 aromatic rings. The summed E-state index contributed by atoms with van der Waals surface area (Å²) in [5.41, 5.74) is 1.28. The average molecular weight is 225 g/mol. The summed E-state index contributed by atoms with van der Waals surface area (Å²) in [6.45, 7) is 8.35. The Kier molecular flexibility index (Phi) is 4.54. The zero-order chi connectivity index (χ0) is 12.2. The molecule has 0 aromatic carbocycles. The van der Waals surface area contributed by atoms with Crippen molar-refractivity contribution in [1.29, 1.82) is 0 Å². The molecule has 0 bridgehead atoms. The van der Waals surface area contributed by atoms with Crippen molar-refractivity contribution in [2.75, 3.05) is 20.2 Å². The second kappa shape index (κ2) is 5.48. The number of rotatable bonds is 6. The van der Waals surface area contributed by atoms with Crippen molar-refractivity contribution < 1.29 is 9.53 Å². The predicted octanol–water partition coefficient (Wildman–Crippen LogP) is 2.13. The molecule has 1 N–H and O–H groups in total. The van der Waals surface area contributed by atoms with Crippen LogP contribution in [0.2, 0.25) is 0 Å². The third kappa shape index (κ3) is 3.63. The molecule has 92 valence electrons. The molecule has 1 rings (SSSR count). The van der Waals surface area contributed by atoms with Crippen molar-refractivity contribution >= 4 is 5.97 Å². The van der Waals surface area contributed by atoms with Gasteiger partial charge in [0.2, 0.25) is 0 Å². The summed E-state index contributed by atoms with van der Waals surface area (Å²) in [5, 5.41) is 3.36. The van der Waals surface area contributed by atoms with Crippen LogP contribution in [0.4, 0.5) is 0 Å². The first-order chi connectivity index (χ1) is 7.51. The maximum absolute atomic E-state index is 11.3. The lowest BCUT2D eigenvalue weighted by Crippen LogP contribution is -2.19. The maximum atomic E-state index is 11.3. The number of ether oxygens (including phenoxy) is 1. The van der Waals surface area contributed by atoms with Crippen LogP contribution in [-0.2, 0) is 9.53 Å². The summed E-state index contributed by atoms with van der Waals surface area (Å²) in [6, 6.07) is 0. The number of nitrogens with one attached hydrogen (secondary N) is 1. The molecule has 1 atom stereocenters. The molecule has 0 amide bonds. The largest absolute Gasteiger partial charge is 0.466 e. The summed E-state index contributed by atoms with van der Waals surface area (Å²) < 4.78 is 4.69. The van der Waals surface area contributed by atoms with Crippen molar-refractivity contribution in [1.82, 2.24) is 5.32 Å².